The number of nitrogens with zero attached hydrogens (tertiary/aromatic N) is 4. The van der Waals surface area contributed by atoms with Gasteiger partial charge in [0.25, 0.3) is 0 Å². The lowest BCUT2D eigenvalue weighted by atomic mass is 10.0. The summed E-state index contributed by atoms with van der Waals surface area (Å²) in [7, 11) is 0. The van der Waals surface area contributed by atoms with Gasteiger partial charge in [-0.1, -0.05) is 18.7 Å². The molecule has 2 aromatic heterocycles. The van der Waals surface area contributed by atoms with Gasteiger partial charge in [0.05, 0.1) is 12.3 Å². The summed E-state index contributed by atoms with van der Waals surface area (Å²) in [6.45, 7) is 5.99. The van der Waals surface area contributed by atoms with Gasteiger partial charge >= 0.3 is 0 Å². The summed E-state index contributed by atoms with van der Waals surface area (Å²) >= 11 is 1.53. The first kappa shape index (κ1) is 15.3. The summed E-state index contributed by atoms with van der Waals surface area (Å²) in [5.41, 5.74) is 1.69. The van der Waals surface area contributed by atoms with Gasteiger partial charge in [-0.05, 0) is 26.5 Å². The molecule has 124 valence electrons. The number of fused-ring (bicyclic) bond motifs is 2. The molecular formula is C15H20N4O3S. The van der Waals surface area contributed by atoms with Crippen LogP contribution in [0.25, 0.3) is 5.65 Å². The summed E-state index contributed by atoms with van der Waals surface area (Å²) in [5, 5.41) is 5.23. The van der Waals surface area contributed by atoms with Gasteiger partial charge in [0, 0.05) is 5.56 Å². The zero-order valence-electron chi connectivity index (χ0n) is 13.6. The largest absolute Gasteiger partial charge is 0.364 e. The molecule has 0 radical (unpaired) electrons. The van der Waals surface area contributed by atoms with Crippen molar-refractivity contribution in [2.75, 3.05) is 6.26 Å². The molecule has 2 aliphatic rings. The molecule has 0 aromatic carbocycles. The summed E-state index contributed by atoms with van der Waals surface area (Å²) in [4.78, 5) is 8.64. The molecule has 4 heterocycles. The Balaban J connectivity index is 1.76. The molecule has 2 fully saturated rings. The molecule has 1 unspecified atom stereocenters. The highest BCUT2D eigenvalue weighted by Gasteiger charge is 2.55. The van der Waals surface area contributed by atoms with Gasteiger partial charge in [-0.3, -0.25) is 0 Å². The summed E-state index contributed by atoms with van der Waals surface area (Å²) in [6, 6.07) is 0. The minimum absolute atomic E-state index is 0.0172. The summed E-state index contributed by atoms with van der Waals surface area (Å²) in [5.74, 6) is -0.590. The Hall–Kier alpha value is -1.22. The third-order valence-corrected chi connectivity index (χ3v) is 4.99. The van der Waals surface area contributed by atoms with E-state index in [1.807, 2.05) is 20.1 Å². The highest BCUT2D eigenvalue weighted by atomic mass is 32.2. The maximum absolute atomic E-state index is 6.23. The van der Waals surface area contributed by atoms with Crippen LogP contribution in [0, 0.1) is 0 Å². The molecule has 2 saturated heterocycles. The van der Waals surface area contributed by atoms with Crippen molar-refractivity contribution < 1.29 is 14.2 Å². The molecule has 0 spiro atoms. The van der Waals surface area contributed by atoms with Crippen molar-refractivity contribution in [3.63, 3.8) is 0 Å². The predicted octanol–water partition coefficient (Wildman–Crippen LogP) is 2.22. The van der Waals surface area contributed by atoms with Crippen molar-refractivity contribution in [2.45, 2.75) is 62.6 Å². The van der Waals surface area contributed by atoms with Crippen LogP contribution in [0.4, 0.5) is 0 Å². The monoisotopic (exact) mass is 336 g/mol. The molecule has 4 rings (SSSR count). The molecule has 2 aromatic rings. The predicted molar refractivity (Wildman–Crippen MR) is 84.3 cm³/mol. The molecule has 0 aliphatic carbocycles. The molecule has 0 bridgehead atoms. The molecule has 0 N–H and O–H groups in total. The van der Waals surface area contributed by atoms with E-state index in [1.54, 1.807) is 17.0 Å². The first-order valence-electron chi connectivity index (χ1n) is 7.78. The van der Waals surface area contributed by atoms with Crippen molar-refractivity contribution in [3.05, 3.63) is 18.1 Å². The normalized spacial score (nSPS) is 32.5. The molecule has 7 nitrogen and oxygen atoms in total. The van der Waals surface area contributed by atoms with Crippen molar-refractivity contribution in [1.29, 1.82) is 0 Å². The Kier molecular flexibility index (Phi) is 3.60. The second-order valence-electron chi connectivity index (χ2n) is 6.26. The number of hydrogen-bond donors (Lipinski definition) is 0. The highest BCUT2D eigenvalue weighted by Crippen LogP contribution is 2.46. The zero-order valence-corrected chi connectivity index (χ0v) is 14.4. The zero-order chi connectivity index (χ0) is 16.2. The van der Waals surface area contributed by atoms with Gasteiger partial charge in [-0.25, -0.2) is 9.97 Å². The van der Waals surface area contributed by atoms with E-state index < -0.39 is 5.79 Å². The van der Waals surface area contributed by atoms with E-state index in [-0.39, 0.29) is 24.4 Å². The van der Waals surface area contributed by atoms with Crippen LogP contribution in [0.5, 0.6) is 0 Å². The fraction of sp³-hybridized carbons (Fsp3) is 0.667. The van der Waals surface area contributed by atoms with Crippen LogP contribution in [0.1, 0.15) is 38.9 Å². The number of aromatic nitrogens is 4. The Morgan fingerprint density at radius 3 is 2.78 bits per heavy atom. The number of thioether (sulfide) groups is 1. The molecule has 4 atom stereocenters. The highest BCUT2D eigenvalue weighted by molar-refractivity contribution is 7.98. The van der Waals surface area contributed by atoms with Crippen molar-refractivity contribution >= 4 is 17.4 Å². The standard InChI is InChI=1S/C15H20N4O3S/c1-5-9-11-12(22-15(2,3)21-11)10(20-9)8-6-18-19-13(8)16-7-17-14(19)23-4/h6-7,9-12H,5H2,1-4H3/t9-,10?,11-,12+/m1/s1. The molecule has 8 heteroatoms. The Morgan fingerprint density at radius 2 is 2.04 bits per heavy atom. The maximum atomic E-state index is 6.23. The lowest BCUT2D eigenvalue weighted by Gasteiger charge is -2.23. The number of ether oxygens (including phenoxy) is 3. The van der Waals surface area contributed by atoms with E-state index in [1.165, 1.54) is 11.8 Å². The van der Waals surface area contributed by atoms with Gasteiger partial charge in [0.1, 0.15) is 24.6 Å². The number of hydrogen-bond acceptors (Lipinski definition) is 7. The average Bonchev–Trinajstić information content (AvgIpc) is 3.17. The van der Waals surface area contributed by atoms with Crippen molar-refractivity contribution in [1.82, 2.24) is 19.6 Å². The minimum Gasteiger partial charge on any atom is -0.364 e. The average molecular weight is 336 g/mol. The van der Waals surface area contributed by atoms with Gasteiger partial charge in [0.15, 0.2) is 16.6 Å². The van der Waals surface area contributed by atoms with E-state index in [2.05, 4.69) is 22.0 Å². The van der Waals surface area contributed by atoms with E-state index in [0.717, 1.165) is 22.8 Å². The van der Waals surface area contributed by atoms with Crippen molar-refractivity contribution in [3.8, 4) is 0 Å². The van der Waals surface area contributed by atoms with E-state index in [9.17, 15) is 0 Å². The topological polar surface area (TPSA) is 70.8 Å². The van der Waals surface area contributed by atoms with Crippen LogP contribution in [0.2, 0.25) is 0 Å². The first-order chi connectivity index (χ1) is 11.0. The second kappa shape index (κ2) is 5.41. The third kappa shape index (κ3) is 2.36. The molecule has 23 heavy (non-hydrogen) atoms. The Morgan fingerprint density at radius 1 is 1.26 bits per heavy atom. The van der Waals surface area contributed by atoms with Crippen LogP contribution in [-0.4, -0.2) is 49.9 Å². The second-order valence-corrected chi connectivity index (χ2v) is 7.04. The third-order valence-electron chi connectivity index (χ3n) is 4.34. The maximum Gasteiger partial charge on any atom is 0.192 e. The minimum atomic E-state index is -0.590. The molecular weight excluding hydrogens is 316 g/mol. The molecule has 0 amide bonds. The van der Waals surface area contributed by atoms with E-state index in [0.29, 0.717) is 0 Å². The van der Waals surface area contributed by atoms with Gasteiger partial charge in [0.2, 0.25) is 0 Å². The van der Waals surface area contributed by atoms with Gasteiger partial charge < -0.3 is 14.2 Å². The van der Waals surface area contributed by atoms with E-state index >= 15 is 0 Å². The van der Waals surface area contributed by atoms with Crippen LogP contribution in [-0.2, 0) is 14.2 Å². The van der Waals surface area contributed by atoms with Crippen LogP contribution in [0.3, 0.4) is 0 Å². The molecule has 0 saturated carbocycles. The lowest BCUT2D eigenvalue weighted by Crippen LogP contribution is -2.28. The summed E-state index contributed by atoms with van der Waals surface area (Å²) < 4.78 is 20.1. The van der Waals surface area contributed by atoms with Crippen LogP contribution < -0.4 is 0 Å². The van der Waals surface area contributed by atoms with Crippen LogP contribution >= 0.6 is 11.8 Å². The summed E-state index contributed by atoms with van der Waals surface area (Å²) in [6.07, 6.45) is 5.80. The van der Waals surface area contributed by atoms with Gasteiger partial charge in [-0.2, -0.15) is 9.61 Å². The van der Waals surface area contributed by atoms with Gasteiger partial charge in [-0.15, -0.1) is 0 Å². The number of rotatable bonds is 3. The fourth-order valence-corrected chi connectivity index (χ4v) is 3.87. The Bertz CT molecular complexity index is 735. The van der Waals surface area contributed by atoms with Crippen LogP contribution in [0.15, 0.2) is 17.7 Å². The first-order valence-corrected chi connectivity index (χ1v) is 9.00. The molecule has 2 aliphatic heterocycles. The Labute approximate surface area is 138 Å². The van der Waals surface area contributed by atoms with E-state index in [4.69, 9.17) is 14.2 Å². The fourth-order valence-electron chi connectivity index (χ4n) is 3.41. The lowest BCUT2D eigenvalue weighted by molar-refractivity contribution is -0.187. The van der Waals surface area contributed by atoms with Crippen molar-refractivity contribution in [2.24, 2.45) is 0 Å². The smallest absolute Gasteiger partial charge is 0.192 e. The SMILES string of the molecule is CC[C@H]1OC(c2cnn3c(SC)ncnc23)[C@@H]2OC(C)(C)O[C@H]12. The quantitative estimate of drug-likeness (QED) is 0.796.